The summed E-state index contributed by atoms with van der Waals surface area (Å²) in [6.45, 7) is 6.78. The summed E-state index contributed by atoms with van der Waals surface area (Å²) in [5, 5.41) is 9.71. The van der Waals surface area contributed by atoms with Gasteiger partial charge >= 0.3 is 0 Å². The van der Waals surface area contributed by atoms with Gasteiger partial charge in [-0.05, 0) is 20.8 Å². The van der Waals surface area contributed by atoms with Crippen LogP contribution in [0.25, 0.3) is 0 Å². The fourth-order valence-corrected chi connectivity index (χ4v) is 3.89. The number of aromatic nitrogens is 2. The summed E-state index contributed by atoms with van der Waals surface area (Å²) in [7, 11) is -3.43. The van der Waals surface area contributed by atoms with Crippen molar-refractivity contribution >= 4 is 10.0 Å². The van der Waals surface area contributed by atoms with Gasteiger partial charge in [-0.2, -0.15) is 9.40 Å². The summed E-state index contributed by atoms with van der Waals surface area (Å²) in [6.07, 6.45) is 1.38. The van der Waals surface area contributed by atoms with Gasteiger partial charge in [0.1, 0.15) is 4.90 Å². The van der Waals surface area contributed by atoms with Crippen LogP contribution in [0.4, 0.5) is 0 Å². The van der Waals surface area contributed by atoms with E-state index >= 15 is 0 Å². The molecule has 1 aromatic rings. The van der Waals surface area contributed by atoms with Gasteiger partial charge in [0, 0.05) is 25.2 Å². The predicted molar refractivity (Wildman–Crippen MR) is 64.1 cm³/mol. The minimum atomic E-state index is -3.43. The lowest BCUT2D eigenvalue weighted by Gasteiger charge is -2.36. The van der Waals surface area contributed by atoms with Crippen LogP contribution >= 0.6 is 0 Å². The normalized spacial score (nSPS) is 27.2. The highest BCUT2D eigenvalue weighted by atomic mass is 32.2. The number of nitrogens with zero attached hydrogens (tertiary/aromatic N) is 2. The van der Waals surface area contributed by atoms with Gasteiger partial charge in [0.25, 0.3) is 0 Å². The molecule has 2 unspecified atom stereocenters. The average molecular weight is 258 g/mol. The van der Waals surface area contributed by atoms with Crippen LogP contribution in [0.2, 0.25) is 0 Å². The first-order valence-electron chi connectivity index (χ1n) is 5.68. The first kappa shape index (κ1) is 12.5. The van der Waals surface area contributed by atoms with E-state index in [4.69, 9.17) is 0 Å². The lowest BCUT2D eigenvalue weighted by Crippen LogP contribution is -2.56. The van der Waals surface area contributed by atoms with Gasteiger partial charge in [0.2, 0.25) is 10.0 Å². The molecule has 17 heavy (non-hydrogen) atoms. The summed E-state index contributed by atoms with van der Waals surface area (Å²) in [6, 6.07) is 0.138. The van der Waals surface area contributed by atoms with Crippen molar-refractivity contribution in [3.8, 4) is 0 Å². The van der Waals surface area contributed by atoms with Gasteiger partial charge in [-0.3, -0.25) is 5.10 Å². The molecule has 0 aliphatic carbocycles. The Balaban J connectivity index is 2.35. The van der Waals surface area contributed by atoms with E-state index < -0.39 is 10.0 Å². The fourth-order valence-electron chi connectivity index (χ4n) is 2.05. The van der Waals surface area contributed by atoms with Crippen LogP contribution < -0.4 is 5.32 Å². The molecule has 0 bridgehead atoms. The maximum atomic E-state index is 12.5. The number of rotatable bonds is 2. The van der Waals surface area contributed by atoms with Crippen molar-refractivity contribution in [2.24, 2.45) is 0 Å². The highest BCUT2D eigenvalue weighted by Gasteiger charge is 2.34. The van der Waals surface area contributed by atoms with Crippen LogP contribution in [-0.4, -0.2) is 48.1 Å². The molecule has 0 saturated carbocycles. The third kappa shape index (κ3) is 2.22. The Hall–Kier alpha value is -0.920. The monoisotopic (exact) mass is 258 g/mol. The first-order valence-corrected chi connectivity index (χ1v) is 7.12. The topological polar surface area (TPSA) is 78.1 Å². The lowest BCUT2D eigenvalue weighted by atomic mass is 10.2. The minimum absolute atomic E-state index is 0.0366. The molecule has 96 valence electrons. The van der Waals surface area contributed by atoms with E-state index in [2.05, 4.69) is 15.5 Å². The molecule has 2 rings (SSSR count). The zero-order valence-electron chi connectivity index (χ0n) is 10.3. The van der Waals surface area contributed by atoms with Crippen LogP contribution in [0.15, 0.2) is 11.1 Å². The van der Waals surface area contributed by atoms with Gasteiger partial charge in [-0.15, -0.1) is 0 Å². The number of hydrogen-bond donors (Lipinski definition) is 2. The summed E-state index contributed by atoms with van der Waals surface area (Å²) in [5.41, 5.74) is 0.586. The standard InChI is InChI=1S/C10H18N4O2S/c1-7-6-14(8(2)4-11-7)17(15,16)10-5-12-13-9(10)3/h5,7-8,11H,4,6H2,1-3H3,(H,12,13). The van der Waals surface area contributed by atoms with Crippen molar-refractivity contribution in [3.05, 3.63) is 11.9 Å². The molecule has 0 aromatic carbocycles. The molecule has 1 saturated heterocycles. The Labute approximate surface area is 101 Å². The van der Waals surface area contributed by atoms with Gasteiger partial charge in [0.05, 0.1) is 11.9 Å². The molecular formula is C10H18N4O2S. The van der Waals surface area contributed by atoms with Crippen molar-refractivity contribution in [2.75, 3.05) is 13.1 Å². The van der Waals surface area contributed by atoms with Crippen molar-refractivity contribution < 1.29 is 8.42 Å². The number of hydrogen-bond acceptors (Lipinski definition) is 4. The van der Waals surface area contributed by atoms with Crippen LogP contribution in [0.3, 0.4) is 0 Å². The third-order valence-corrected chi connectivity index (χ3v) is 5.17. The van der Waals surface area contributed by atoms with Gasteiger partial charge in [-0.1, -0.05) is 0 Å². The molecule has 1 aromatic heterocycles. The van der Waals surface area contributed by atoms with E-state index in [-0.39, 0.29) is 17.0 Å². The van der Waals surface area contributed by atoms with E-state index in [1.165, 1.54) is 6.20 Å². The molecule has 1 fully saturated rings. The lowest BCUT2D eigenvalue weighted by molar-refractivity contribution is 0.244. The summed E-state index contributed by atoms with van der Waals surface area (Å²) in [4.78, 5) is 0.276. The summed E-state index contributed by atoms with van der Waals surface area (Å²) < 4.78 is 26.5. The van der Waals surface area contributed by atoms with Crippen molar-refractivity contribution in [1.82, 2.24) is 19.8 Å². The van der Waals surface area contributed by atoms with Gasteiger partial charge in [-0.25, -0.2) is 8.42 Å². The molecule has 2 atom stereocenters. The summed E-state index contributed by atoms with van der Waals surface area (Å²) in [5.74, 6) is 0. The Morgan fingerprint density at radius 1 is 1.47 bits per heavy atom. The number of sulfonamides is 1. The SMILES string of the molecule is Cc1[nH]ncc1S(=O)(=O)N1CC(C)NCC1C. The highest BCUT2D eigenvalue weighted by molar-refractivity contribution is 7.89. The average Bonchev–Trinajstić information content (AvgIpc) is 2.68. The van der Waals surface area contributed by atoms with E-state index in [9.17, 15) is 8.42 Å². The number of H-pyrrole nitrogens is 1. The Kier molecular flexibility index (Phi) is 3.24. The third-order valence-electron chi connectivity index (χ3n) is 3.08. The van der Waals surface area contributed by atoms with E-state index in [1.54, 1.807) is 11.2 Å². The molecule has 2 heterocycles. The molecule has 0 spiro atoms. The fraction of sp³-hybridized carbons (Fsp3) is 0.700. The number of aromatic amines is 1. The molecule has 1 aliphatic rings. The zero-order chi connectivity index (χ0) is 12.6. The van der Waals surface area contributed by atoms with E-state index in [0.717, 1.165) is 0 Å². The van der Waals surface area contributed by atoms with Crippen LogP contribution in [0.1, 0.15) is 19.5 Å². The van der Waals surface area contributed by atoms with Crippen molar-refractivity contribution in [1.29, 1.82) is 0 Å². The number of aryl methyl sites for hydroxylation is 1. The zero-order valence-corrected chi connectivity index (χ0v) is 11.1. The Bertz CT molecular complexity index is 496. The molecule has 0 radical (unpaired) electrons. The minimum Gasteiger partial charge on any atom is -0.311 e. The van der Waals surface area contributed by atoms with Crippen molar-refractivity contribution in [2.45, 2.75) is 37.8 Å². The highest BCUT2D eigenvalue weighted by Crippen LogP contribution is 2.21. The summed E-state index contributed by atoms with van der Waals surface area (Å²) >= 11 is 0. The van der Waals surface area contributed by atoms with Crippen LogP contribution in [-0.2, 0) is 10.0 Å². The van der Waals surface area contributed by atoms with Gasteiger partial charge in [0.15, 0.2) is 0 Å². The Morgan fingerprint density at radius 2 is 2.18 bits per heavy atom. The second-order valence-corrected chi connectivity index (χ2v) is 6.45. The second kappa shape index (κ2) is 4.40. The van der Waals surface area contributed by atoms with Crippen molar-refractivity contribution in [3.63, 3.8) is 0 Å². The largest absolute Gasteiger partial charge is 0.311 e. The maximum absolute atomic E-state index is 12.5. The number of piperazine rings is 1. The van der Waals surface area contributed by atoms with E-state index in [1.807, 2.05) is 13.8 Å². The van der Waals surface area contributed by atoms with Gasteiger partial charge < -0.3 is 5.32 Å². The van der Waals surface area contributed by atoms with Crippen LogP contribution in [0, 0.1) is 6.92 Å². The quantitative estimate of drug-likeness (QED) is 0.788. The number of nitrogens with one attached hydrogen (secondary N) is 2. The molecular weight excluding hydrogens is 240 g/mol. The molecule has 0 amide bonds. The molecule has 1 aliphatic heterocycles. The smallest absolute Gasteiger partial charge is 0.246 e. The maximum Gasteiger partial charge on any atom is 0.246 e. The molecule has 7 heteroatoms. The van der Waals surface area contributed by atoms with E-state index in [0.29, 0.717) is 18.8 Å². The molecule has 6 nitrogen and oxygen atoms in total. The molecule has 2 N–H and O–H groups in total. The van der Waals surface area contributed by atoms with Crippen LogP contribution in [0.5, 0.6) is 0 Å². The Morgan fingerprint density at radius 3 is 2.76 bits per heavy atom. The second-order valence-electron chi connectivity index (χ2n) is 4.59. The predicted octanol–water partition coefficient (Wildman–Crippen LogP) is 0.0890. The first-order chi connectivity index (χ1) is 7.93.